The Morgan fingerprint density at radius 3 is 2.65 bits per heavy atom. The third kappa shape index (κ3) is 2.73. The van der Waals surface area contributed by atoms with Crippen LogP contribution in [0.1, 0.15) is 36.6 Å². The van der Waals surface area contributed by atoms with E-state index in [9.17, 15) is 5.11 Å². The molecule has 0 spiro atoms. The van der Waals surface area contributed by atoms with Crippen molar-refractivity contribution in [1.29, 1.82) is 0 Å². The molecule has 1 atom stereocenters. The minimum atomic E-state index is 0.334. The van der Waals surface area contributed by atoms with E-state index < -0.39 is 0 Å². The van der Waals surface area contributed by atoms with Crippen LogP contribution in [0.2, 0.25) is 0 Å². The summed E-state index contributed by atoms with van der Waals surface area (Å²) in [6, 6.07) is 8.31. The lowest BCUT2D eigenvalue weighted by molar-refractivity contribution is 0.158. The standard InChI is InChI=1S/C16H22N2OS/c17-9-13(12-7-5-11(10-19)6-8-12)16-18-14-3-1-2-4-15(14)20-16/h1-4,11-13,19H,5-10,17H2. The van der Waals surface area contributed by atoms with Crippen LogP contribution in [0.4, 0.5) is 0 Å². The molecule has 1 aliphatic carbocycles. The van der Waals surface area contributed by atoms with Gasteiger partial charge in [-0.3, -0.25) is 0 Å². The first kappa shape index (κ1) is 14.0. The lowest BCUT2D eigenvalue weighted by atomic mass is 9.76. The molecule has 3 N–H and O–H groups in total. The number of hydrogen-bond donors (Lipinski definition) is 2. The van der Waals surface area contributed by atoms with Crippen LogP contribution in [0.15, 0.2) is 24.3 Å². The Morgan fingerprint density at radius 1 is 1.25 bits per heavy atom. The molecule has 1 aliphatic rings. The molecule has 3 nitrogen and oxygen atoms in total. The molecule has 1 saturated carbocycles. The number of para-hydroxylation sites is 1. The van der Waals surface area contributed by atoms with Crippen molar-refractivity contribution in [2.75, 3.05) is 13.2 Å². The largest absolute Gasteiger partial charge is 0.396 e. The number of nitrogens with two attached hydrogens (primary N) is 1. The monoisotopic (exact) mass is 290 g/mol. The molecule has 1 heterocycles. The van der Waals surface area contributed by atoms with Gasteiger partial charge in [0.05, 0.1) is 15.2 Å². The van der Waals surface area contributed by atoms with Crippen molar-refractivity contribution in [1.82, 2.24) is 4.98 Å². The van der Waals surface area contributed by atoms with Crippen molar-refractivity contribution >= 4 is 21.6 Å². The van der Waals surface area contributed by atoms with Crippen LogP contribution in [0.5, 0.6) is 0 Å². The molecule has 1 unspecified atom stereocenters. The quantitative estimate of drug-likeness (QED) is 0.909. The molecule has 0 bridgehead atoms. The highest BCUT2D eigenvalue weighted by Gasteiger charge is 2.29. The number of thiazole rings is 1. The number of aromatic nitrogens is 1. The molecule has 1 fully saturated rings. The summed E-state index contributed by atoms with van der Waals surface area (Å²) in [5.74, 6) is 1.51. The van der Waals surface area contributed by atoms with Crippen LogP contribution in [-0.2, 0) is 0 Å². The summed E-state index contributed by atoms with van der Waals surface area (Å²) >= 11 is 1.79. The molecule has 2 aromatic rings. The normalized spacial score (nSPS) is 24.9. The fourth-order valence-electron chi connectivity index (χ4n) is 3.32. The molecule has 1 aromatic heterocycles. The van der Waals surface area contributed by atoms with Gasteiger partial charge in [-0.2, -0.15) is 0 Å². The van der Waals surface area contributed by atoms with E-state index in [4.69, 9.17) is 10.7 Å². The van der Waals surface area contributed by atoms with Crippen molar-refractivity contribution < 1.29 is 5.11 Å². The van der Waals surface area contributed by atoms with Gasteiger partial charge in [-0.15, -0.1) is 11.3 Å². The van der Waals surface area contributed by atoms with Gasteiger partial charge in [0.15, 0.2) is 0 Å². The lowest BCUT2D eigenvalue weighted by Crippen LogP contribution is -2.26. The Balaban J connectivity index is 1.79. The topological polar surface area (TPSA) is 59.1 Å². The molecule has 0 radical (unpaired) electrons. The number of hydrogen-bond acceptors (Lipinski definition) is 4. The zero-order chi connectivity index (χ0) is 13.9. The van der Waals surface area contributed by atoms with Crippen LogP contribution in [0.25, 0.3) is 10.2 Å². The first-order valence-corrected chi connectivity index (χ1v) is 8.30. The molecule has 0 aliphatic heterocycles. The van der Waals surface area contributed by atoms with Crippen LogP contribution in [0.3, 0.4) is 0 Å². The van der Waals surface area contributed by atoms with Crippen LogP contribution >= 0.6 is 11.3 Å². The smallest absolute Gasteiger partial charge is 0.0984 e. The van der Waals surface area contributed by atoms with E-state index in [0.29, 0.717) is 30.9 Å². The molecular formula is C16H22N2OS. The lowest BCUT2D eigenvalue weighted by Gasteiger charge is -2.31. The van der Waals surface area contributed by atoms with Crippen molar-refractivity contribution in [3.63, 3.8) is 0 Å². The average Bonchev–Trinajstić information content (AvgIpc) is 2.92. The second-order valence-electron chi connectivity index (χ2n) is 5.83. The van der Waals surface area contributed by atoms with Gasteiger partial charge in [0.25, 0.3) is 0 Å². The Kier molecular flexibility index (Phi) is 4.34. The average molecular weight is 290 g/mol. The zero-order valence-corrected chi connectivity index (χ0v) is 12.5. The van der Waals surface area contributed by atoms with Crippen LogP contribution < -0.4 is 5.73 Å². The predicted molar refractivity (Wildman–Crippen MR) is 83.9 cm³/mol. The molecule has 0 amide bonds. The number of rotatable bonds is 4. The van der Waals surface area contributed by atoms with Crippen molar-refractivity contribution in [3.05, 3.63) is 29.3 Å². The number of fused-ring (bicyclic) bond motifs is 1. The summed E-state index contributed by atoms with van der Waals surface area (Å²) in [5.41, 5.74) is 7.13. The maximum Gasteiger partial charge on any atom is 0.0984 e. The van der Waals surface area contributed by atoms with Gasteiger partial charge in [0.2, 0.25) is 0 Å². The second-order valence-corrected chi connectivity index (χ2v) is 6.89. The van der Waals surface area contributed by atoms with Crippen LogP contribution in [0, 0.1) is 11.8 Å². The van der Waals surface area contributed by atoms with Crippen LogP contribution in [-0.4, -0.2) is 23.2 Å². The Morgan fingerprint density at radius 2 is 2.00 bits per heavy atom. The molecule has 20 heavy (non-hydrogen) atoms. The number of aliphatic hydroxyl groups excluding tert-OH is 1. The van der Waals surface area contributed by atoms with E-state index in [-0.39, 0.29) is 0 Å². The van der Waals surface area contributed by atoms with E-state index in [1.807, 2.05) is 6.07 Å². The summed E-state index contributed by atoms with van der Waals surface area (Å²) in [4.78, 5) is 4.79. The Labute approximate surface area is 123 Å². The number of aliphatic hydroxyl groups is 1. The number of benzene rings is 1. The van der Waals surface area contributed by atoms with E-state index in [1.54, 1.807) is 11.3 Å². The molecule has 3 rings (SSSR count). The zero-order valence-electron chi connectivity index (χ0n) is 11.7. The van der Waals surface area contributed by atoms with E-state index in [1.165, 1.54) is 22.5 Å². The van der Waals surface area contributed by atoms with Gasteiger partial charge in [-0.1, -0.05) is 12.1 Å². The highest BCUT2D eigenvalue weighted by Crippen LogP contribution is 2.39. The van der Waals surface area contributed by atoms with Gasteiger partial charge in [0.1, 0.15) is 0 Å². The fourth-order valence-corrected chi connectivity index (χ4v) is 4.49. The van der Waals surface area contributed by atoms with E-state index in [0.717, 1.165) is 18.4 Å². The van der Waals surface area contributed by atoms with Crippen molar-refractivity contribution in [2.45, 2.75) is 31.6 Å². The molecule has 0 saturated heterocycles. The van der Waals surface area contributed by atoms with E-state index >= 15 is 0 Å². The highest BCUT2D eigenvalue weighted by molar-refractivity contribution is 7.18. The van der Waals surface area contributed by atoms with Crippen molar-refractivity contribution in [3.8, 4) is 0 Å². The molecule has 108 valence electrons. The molecular weight excluding hydrogens is 268 g/mol. The SMILES string of the molecule is NCC(c1nc2ccccc2s1)C1CCC(CO)CC1. The Bertz CT molecular complexity index is 527. The van der Waals surface area contributed by atoms with Gasteiger partial charge in [-0.25, -0.2) is 4.98 Å². The second kappa shape index (κ2) is 6.20. The predicted octanol–water partition coefficient (Wildman–Crippen LogP) is 3.14. The van der Waals surface area contributed by atoms with Gasteiger partial charge in [-0.05, 0) is 49.7 Å². The van der Waals surface area contributed by atoms with E-state index in [2.05, 4.69) is 18.2 Å². The summed E-state index contributed by atoms with van der Waals surface area (Å²) in [5, 5.41) is 10.4. The first-order valence-electron chi connectivity index (χ1n) is 7.48. The third-order valence-electron chi connectivity index (χ3n) is 4.60. The van der Waals surface area contributed by atoms with Gasteiger partial charge >= 0.3 is 0 Å². The fraction of sp³-hybridized carbons (Fsp3) is 0.562. The third-order valence-corrected chi connectivity index (χ3v) is 5.77. The summed E-state index contributed by atoms with van der Waals surface area (Å²) in [7, 11) is 0. The van der Waals surface area contributed by atoms with Gasteiger partial charge < -0.3 is 10.8 Å². The maximum absolute atomic E-state index is 9.25. The molecule has 4 heteroatoms. The first-order chi connectivity index (χ1) is 9.81. The summed E-state index contributed by atoms with van der Waals surface area (Å²) in [6.45, 7) is 1.01. The summed E-state index contributed by atoms with van der Waals surface area (Å²) < 4.78 is 1.25. The Hall–Kier alpha value is -0.970. The van der Waals surface area contributed by atoms with Gasteiger partial charge in [0, 0.05) is 19.1 Å². The minimum absolute atomic E-state index is 0.334. The highest BCUT2D eigenvalue weighted by atomic mass is 32.1. The van der Waals surface area contributed by atoms with Crippen molar-refractivity contribution in [2.24, 2.45) is 17.6 Å². The summed E-state index contributed by atoms with van der Waals surface area (Å²) in [6.07, 6.45) is 4.59. The molecule has 1 aromatic carbocycles. The minimum Gasteiger partial charge on any atom is -0.396 e. The maximum atomic E-state index is 9.25. The number of nitrogens with zero attached hydrogens (tertiary/aromatic N) is 1.